The molecule has 16 heavy (non-hydrogen) atoms. The first-order valence-corrected chi connectivity index (χ1v) is 6.77. The van der Waals surface area contributed by atoms with Crippen LogP contribution in [-0.4, -0.2) is 30.1 Å². The lowest BCUT2D eigenvalue weighted by atomic mass is 9.74. The minimum atomic E-state index is -0.103. The van der Waals surface area contributed by atoms with Crippen molar-refractivity contribution in [3.8, 4) is 0 Å². The van der Waals surface area contributed by atoms with E-state index in [0.29, 0.717) is 0 Å². The molecule has 96 valence electrons. The predicted molar refractivity (Wildman–Crippen MR) is 71.5 cm³/mol. The van der Waals surface area contributed by atoms with Crippen LogP contribution in [0.2, 0.25) is 0 Å². The van der Waals surface area contributed by atoms with E-state index in [-0.39, 0.29) is 11.0 Å². The summed E-state index contributed by atoms with van der Waals surface area (Å²) in [5.74, 6) is 0.963. The van der Waals surface area contributed by atoms with Crippen LogP contribution in [0, 0.1) is 11.3 Å². The summed E-state index contributed by atoms with van der Waals surface area (Å²) in [5.41, 5.74) is 6.34. The number of nitrogens with zero attached hydrogens (tertiary/aromatic N) is 1. The number of likely N-dealkylation sites (tertiary alicyclic amines) is 1. The average Bonchev–Trinajstić information content (AvgIpc) is 2.16. The summed E-state index contributed by atoms with van der Waals surface area (Å²) in [4.78, 5) is 2.60. The molecule has 2 heteroatoms. The van der Waals surface area contributed by atoms with E-state index in [4.69, 9.17) is 5.73 Å². The Morgan fingerprint density at radius 2 is 1.62 bits per heavy atom. The highest BCUT2D eigenvalue weighted by molar-refractivity contribution is 4.92. The van der Waals surface area contributed by atoms with Gasteiger partial charge in [-0.1, -0.05) is 27.2 Å². The number of hydrogen-bond acceptors (Lipinski definition) is 2. The van der Waals surface area contributed by atoms with Gasteiger partial charge in [0.25, 0.3) is 0 Å². The summed E-state index contributed by atoms with van der Waals surface area (Å²) >= 11 is 0. The predicted octanol–water partition coefficient (Wildman–Crippen LogP) is 2.87. The molecule has 1 saturated heterocycles. The highest BCUT2D eigenvalue weighted by Gasteiger charge is 2.35. The first-order chi connectivity index (χ1) is 7.26. The number of nitrogens with two attached hydrogens (primary N) is 1. The SMILES string of the molecule is CCC1CCN(CC(C)(C)C(C)(C)N)CC1. The van der Waals surface area contributed by atoms with Crippen molar-refractivity contribution in [3.63, 3.8) is 0 Å². The average molecular weight is 226 g/mol. The van der Waals surface area contributed by atoms with E-state index in [0.717, 1.165) is 12.5 Å². The van der Waals surface area contributed by atoms with Gasteiger partial charge in [-0.15, -0.1) is 0 Å². The number of hydrogen-bond donors (Lipinski definition) is 1. The van der Waals surface area contributed by atoms with Crippen molar-refractivity contribution >= 4 is 0 Å². The van der Waals surface area contributed by atoms with Gasteiger partial charge >= 0.3 is 0 Å². The second-order valence-corrected chi connectivity index (χ2v) is 6.73. The van der Waals surface area contributed by atoms with Crippen LogP contribution in [0.1, 0.15) is 53.9 Å². The fourth-order valence-corrected chi connectivity index (χ4v) is 2.32. The Bertz CT molecular complexity index is 207. The smallest absolute Gasteiger partial charge is 0.0161 e. The second kappa shape index (κ2) is 5.05. The summed E-state index contributed by atoms with van der Waals surface area (Å²) in [7, 11) is 0. The molecule has 0 radical (unpaired) electrons. The zero-order valence-electron chi connectivity index (χ0n) is 11.8. The lowest BCUT2D eigenvalue weighted by Crippen LogP contribution is -2.54. The molecule has 0 aliphatic carbocycles. The molecule has 1 heterocycles. The lowest BCUT2D eigenvalue weighted by molar-refractivity contribution is 0.0852. The summed E-state index contributed by atoms with van der Waals surface area (Å²) in [6, 6.07) is 0. The number of piperidine rings is 1. The molecule has 0 aromatic heterocycles. The molecule has 1 fully saturated rings. The van der Waals surface area contributed by atoms with E-state index in [2.05, 4.69) is 39.5 Å². The molecule has 0 saturated carbocycles. The Labute approximate surface area is 102 Å². The molecule has 2 nitrogen and oxygen atoms in total. The molecule has 0 unspecified atom stereocenters. The van der Waals surface area contributed by atoms with Gasteiger partial charge in [0.15, 0.2) is 0 Å². The van der Waals surface area contributed by atoms with Gasteiger partial charge in [0.1, 0.15) is 0 Å². The Kier molecular flexibility index (Phi) is 4.42. The van der Waals surface area contributed by atoms with Crippen LogP contribution < -0.4 is 5.73 Å². The Hall–Kier alpha value is -0.0800. The summed E-state index contributed by atoms with van der Waals surface area (Å²) in [5, 5.41) is 0. The van der Waals surface area contributed by atoms with E-state index in [9.17, 15) is 0 Å². The summed E-state index contributed by atoms with van der Waals surface area (Å²) in [6.45, 7) is 14.8. The molecular weight excluding hydrogens is 196 g/mol. The molecule has 1 aliphatic rings. The van der Waals surface area contributed by atoms with Crippen LogP contribution in [0.3, 0.4) is 0 Å². The first-order valence-electron chi connectivity index (χ1n) is 6.77. The monoisotopic (exact) mass is 226 g/mol. The van der Waals surface area contributed by atoms with Crippen LogP contribution >= 0.6 is 0 Å². The van der Waals surface area contributed by atoms with Crippen LogP contribution in [0.4, 0.5) is 0 Å². The number of rotatable bonds is 4. The Balaban J connectivity index is 2.45. The van der Waals surface area contributed by atoms with Crippen LogP contribution in [-0.2, 0) is 0 Å². The topological polar surface area (TPSA) is 29.3 Å². The van der Waals surface area contributed by atoms with Crippen LogP contribution in [0.25, 0.3) is 0 Å². The van der Waals surface area contributed by atoms with Crippen molar-refractivity contribution in [2.24, 2.45) is 17.1 Å². The minimum Gasteiger partial charge on any atom is -0.325 e. The van der Waals surface area contributed by atoms with Crippen molar-refractivity contribution in [1.82, 2.24) is 4.90 Å². The van der Waals surface area contributed by atoms with Crippen molar-refractivity contribution in [2.45, 2.75) is 59.4 Å². The molecule has 1 rings (SSSR count). The second-order valence-electron chi connectivity index (χ2n) is 6.73. The van der Waals surface area contributed by atoms with Gasteiger partial charge in [-0.3, -0.25) is 0 Å². The normalized spacial score (nSPS) is 21.4. The molecule has 0 bridgehead atoms. The highest BCUT2D eigenvalue weighted by Crippen LogP contribution is 2.31. The zero-order valence-corrected chi connectivity index (χ0v) is 11.8. The highest BCUT2D eigenvalue weighted by atomic mass is 15.1. The fourth-order valence-electron chi connectivity index (χ4n) is 2.32. The van der Waals surface area contributed by atoms with E-state index in [1.807, 2.05) is 0 Å². The minimum absolute atomic E-state index is 0.103. The summed E-state index contributed by atoms with van der Waals surface area (Å²) in [6.07, 6.45) is 4.09. The first kappa shape index (κ1) is 14.0. The molecule has 2 N–H and O–H groups in total. The quantitative estimate of drug-likeness (QED) is 0.798. The largest absolute Gasteiger partial charge is 0.325 e. The Morgan fingerprint density at radius 3 is 2.00 bits per heavy atom. The molecule has 0 atom stereocenters. The van der Waals surface area contributed by atoms with E-state index < -0.39 is 0 Å². The van der Waals surface area contributed by atoms with Crippen molar-refractivity contribution < 1.29 is 0 Å². The molecule has 0 amide bonds. The maximum atomic E-state index is 6.26. The molecule has 0 spiro atoms. The van der Waals surface area contributed by atoms with E-state index in [1.54, 1.807) is 0 Å². The van der Waals surface area contributed by atoms with Gasteiger partial charge in [0.2, 0.25) is 0 Å². The van der Waals surface area contributed by atoms with Gasteiger partial charge in [-0.25, -0.2) is 0 Å². The fraction of sp³-hybridized carbons (Fsp3) is 1.00. The van der Waals surface area contributed by atoms with Gasteiger partial charge < -0.3 is 10.6 Å². The van der Waals surface area contributed by atoms with Crippen LogP contribution in [0.15, 0.2) is 0 Å². The van der Waals surface area contributed by atoms with Gasteiger partial charge in [0, 0.05) is 12.1 Å². The van der Waals surface area contributed by atoms with Gasteiger partial charge in [0.05, 0.1) is 0 Å². The van der Waals surface area contributed by atoms with Crippen molar-refractivity contribution in [2.75, 3.05) is 19.6 Å². The zero-order chi connectivity index (χ0) is 12.4. The van der Waals surface area contributed by atoms with Crippen molar-refractivity contribution in [3.05, 3.63) is 0 Å². The Morgan fingerprint density at radius 1 is 1.12 bits per heavy atom. The van der Waals surface area contributed by atoms with Gasteiger partial charge in [-0.05, 0) is 51.1 Å². The maximum Gasteiger partial charge on any atom is 0.0161 e. The third-order valence-electron chi connectivity index (χ3n) is 4.65. The standard InChI is InChI=1S/C14H30N2/c1-6-12-7-9-16(10-8-12)11-13(2,3)14(4,5)15/h12H,6-11,15H2,1-5H3. The van der Waals surface area contributed by atoms with Crippen molar-refractivity contribution in [1.29, 1.82) is 0 Å². The third-order valence-corrected chi connectivity index (χ3v) is 4.65. The lowest BCUT2D eigenvalue weighted by Gasteiger charge is -2.44. The third kappa shape index (κ3) is 3.46. The molecule has 0 aromatic rings. The maximum absolute atomic E-state index is 6.26. The van der Waals surface area contributed by atoms with Crippen LogP contribution in [0.5, 0.6) is 0 Å². The molecular formula is C14H30N2. The van der Waals surface area contributed by atoms with Gasteiger partial charge in [-0.2, -0.15) is 0 Å². The molecule has 1 aliphatic heterocycles. The van der Waals surface area contributed by atoms with E-state index >= 15 is 0 Å². The molecule has 0 aromatic carbocycles. The van der Waals surface area contributed by atoms with E-state index in [1.165, 1.54) is 32.4 Å². The summed E-state index contributed by atoms with van der Waals surface area (Å²) < 4.78 is 0.